The third kappa shape index (κ3) is 4.13. The summed E-state index contributed by atoms with van der Waals surface area (Å²) in [6.07, 6.45) is 0.873. The zero-order chi connectivity index (χ0) is 24.0. The third-order valence-electron chi connectivity index (χ3n) is 6.41. The molecule has 0 fully saturated rings. The number of nitrogens with zero attached hydrogens (tertiary/aromatic N) is 3. The maximum Gasteiger partial charge on any atom is 0.286 e. The summed E-state index contributed by atoms with van der Waals surface area (Å²) >= 11 is 18.8. The molecule has 0 saturated carbocycles. The Morgan fingerprint density at radius 1 is 0.941 bits per heavy atom. The number of hydrazone groups is 1. The van der Waals surface area contributed by atoms with Crippen molar-refractivity contribution in [3.63, 3.8) is 0 Å². The SMILES string of the molecule is CC1Cc2ccccc2N1NC(=O)C1=NN(c2ccc(Cl)cc2Cl)[C@H](c2ccc(Cl)cc2)[C@@H]1C. The number of para-hydroxylation sites is 1. The second-order valence-corrected chi connectivity index (χ2v) is 9.98. The van der Waals surface area contributed by atoms with Gasteiger partial charge in [0.2, 0.25) is 0 Å². The van der Waals surface area contributed by atoms with Gasteiger partial charge in [-0.1, -0.05) is 72.1 Å². The average Bonchev–Trinajstić information content (AvgIpc) is 3.31. The van der Waals surface area contributed by atoms with Crippen LogP contribution >= 0.6 is 34.8 Å². The number of amides is 1. The number of carbonyl (C=O) groups excluding carboxylic acids is 1. The van der Waals surface area contributed by atoms with Gasteiger partial charge in [0.1, 0.15) is 5.71 Å². The molecule has 3 atom stereocenters. The van der Waals surface area contributed by atoms with Crippen molar-refractivity contribution in [3.8, 4) is 0 Å². The number of hydrogen-bond donors (Lipinski definition) is 1. The Labute approximate surface area is 213 Å². The fourth-order valence-electron chi connectivity index (χ4n) is 4.75. The first-order valence-corrected chi connectivity index (χ1v) is 12.2. The van der Waals surface area contributed by atoms with Crippen LogP contribution in [0.15, 0.2) is 71.8 Å². The number of nitrogens with one attached hydrogen (secondary N) is 1. The number of halogens is 3. The fraction of sp³-hybridized carbons (Fsp3) is 0.231. The molecule has 5 rings (SSSR count). The maximum atomic E-state index is 13.5. The Morgan fingerprint density at radius 3 is 2.38 bits per heavy atom. The summed E-state index contributed by atoms with van der Waals surface area (Å²) in [5, 5.41) is 10.2. The van der Waals surface area contributed by atoms with E-state index in [1.165, 1.54) is 5.56 Å². The molecule has 0 saturated heterocycles. The van der Waals surface area contributed by atoms with Crippen LogP contribution in [0.25, 0.3) is 0 Å². The monoisotopic (exact) mass is 512 g/mol. The molecular formula is C26H23Cl3N4O. The zero-order valence-corrected chi connectivity index (χ0v) is 20.9. The molecule has 1 amide bonds. The number of hydrazine groups is 1. The van der Waals surface area contributed by atoms with E-state index in [1.54, 1.807) is 12.1 Å². The standard InChI is InChI=1S/C26H23Cl3N4O/c1-15-13-18-5-3-4-6-22(18)32(15)31-26(34)24-16(2)25(17-7-9-19(27)10-8-17)33(30-24)23-12-11-20(28)14-21(23)29/h3-12,14-16,25H,13H2,1-2H3,(H,31,34)/t15?,16-,25+/m1/s1. The van der Waals surface area contributed by atoms with Gasteiger partial charge in [-0.3, -0.25) is 20.2 Å². The van der Waals surface area contributed by atoms with Crippen molar-refractivity contribution in [2.75, 3.05) is 10.0 Å². The van der Waals surface area contributed by atoms with E-state index in [-0.39, 0.29) is 23.9 Å². The maximum absolute atomic E-state index is 13.5. The molecule has 8 heteroatoms. The molecule has 1 N–H and O–H groups in total. The van der Waals surface area contributed by atoms with Crippen LogP contribution < -0.4 is 15.4 Å². The van der Waals surface area contributed by atoms with Crippen LogP contribution in [0.1, 0.15) is 31.0 Å². The Morgan fingerprint density at radius 2 is 1.65 bits per heavy atom. The highest BCUT2D eigenvalue weighted by atomic mass is 35.5. The second kappa shape index (κ2) is 9.14. The van der Waals surface area contributed by atoms with Gasteiger partial charge < -0.3 is 0 Å². The Hall–Kier alpha value is -2.73. The molecule has 2 aliphatic rings. The van der Waals surface area contributed by atoms with Crippen LogP contribution in [0.2, 0.25) is 15.1 Å². The van der Waals surface area contributed by atoms with Crippen LogP contribution in [0.4, 0.5) is 11.4 Å². The first-order chi connectivity index (χ1) is 16.3. The average molecular weight is 514 g/mol. The van der Waals surface area contributed by atoms with E-state index in [0.717, 1.165) is 17.7 Å². The number of fused-ring (bicyclic) bond motifs is 1. The minimum Gasteiger partial charge on any atom is -0.282 e. The van der Waals surface area contributed by atoms with Gasteiger partial charge in [0, 0.05) is 16.0 Å². The van der Waals surface area contributed by atoms with Crippen molar-refractivity contribution in [3.05, 3.63) is 92.9 Å². The number of carbonyl (C=O) groups is 1. The van der Waals surface area contributed by atoms with Crippen molar-refractivity contribution in [1.29, 1.82) is 0 Å². The van der Waals surface area contributed by atoms with Crippen LogP contribution in [-0.2, 0) is 11.2 Å². The highest BCUT2D eigenvalue weighted by Crippen LogP contribution is 2.42. The van der Waals surface area contributed by atoms with Gasteiger partial charge in [0.05, 0.1) is 28.5 Å². The summed E-state index contributed by atoms with van der Waals surface area (Å²) in [6.45, 7) is 4.10. The number of rotatable bonds is 4. The van der Waals surface area contributed by atoms with Gasteiger partial charge in [-0.25, -0.2) is 0 Å². The van der Waals surface area contributed by atoms with Gasteiger partial charge in [-0.2, -0.15) is 5.10 Å². The first-order valence-electron chi connectivity index (χ1n) is 11.1. The number of anilines is 2. The lowest BCUT2D eigenvalue weighted by molar-refractivity contribution is -0.115. The molecule has 0 bridgehead atoms. The summed E-state index contributed by atoms with van der Waals surface area (Å²) in [5.74, 6) is -0.441. The summed E-state index contributed by atoms with van der Waals surface area (Å²) in [5.41, 5.74) is 7.42. The smallest absolute Gasteiger partial charge is 0.282 e. The first kappa shape index (κ1) is 23.0. The van der Waals surface area contributed by atoms with Crippen molar-refractivity contribution in [2.45, 2.75) is 32.4 Å². The van der Waals surface area contributed by atoms with E-state index in [9.17, 15) is 4.79 Å². The fourth-order valence-corrected chi connectivity index (χ4v) is 5.37. The Balaban J connectivity index is 1.50. The molecule has 0 aromatic heterocycles. The summed E-state index contributed by atoms with van der Waals surface area (Å²) < 4.78 is 0. The van der Waals surface area contributed by atoms with E-state index in [0.29, 0.717) is 26.5 Å². The number of hydrogen-bond acceptors (Lipinski definition) is 4. The predicted octanol–water partition coefficient (Wildman–Crippen LogP) is 6.68. The molecule has 0 aliphatic carbocycles. The molecule has 5 nitrogen and oxygen atoms in total. The highest BCUT2D eigenvalue weighted by molar-refractivity contribution is 6.41. The van der Waals surface area contributed by atoms with Crippen molar-refractivity contribution in [2.24, 2.45) is 11.0 Å². The van der Waals surface area contributed by atoms with Crippen molar-refractivity contribution >= 4 is 57.8 Å². The lowest BCUT2D eigenvalue weighted by Crippen LogP contribution is -2.49. The quantitative estimate of drug-likeness (QED) is 0.423. The summed E-state index contributed by atoms with van der Waals surface area (Å²) in [4.78, 5) is 13.5. The highest BCUT2D eigenvalue weighted by Gasteiger charge is 2.41. The lowest BCUT2D eigenvalue weighted by atomic mass is 9.91. The molecule has 3 aromatic rings. The van der Waals surface area contributed by atoms with Crippen LogP contribution in [0.5, 0.6) is 0 Å². The van der Waals surface area contributed by atoms with E-state index < -0.39 is 0 Å². The third-order valence-corrected chi connectivity index (χ3v) is 7.20. The van der Waals surface area contributed by atoms with Gasteiger partial charge in [-0.05, 0) is 60.9 Å². The Kier molecular flexibility index (Phi) is 6.19. The molecule has 1 unspecified atom stereocenters. The van der Waals surface area contributed by atoms with Crippen LogP contribution in [0, 0.1) is 5.92 Å². The summed E-state index contributed by atoms with van der Waals surface area (Å²) in [6, 6.07) is 20.9. The van der Waals surface area contributed by atoms with E-state index in [1.807, 2.05) is 65.5 Å². The lowest BCUT2D eigenvalue weighted by Gasteiger charge is -2.28. The molecule has 2 aliphatic heterocycles. The normalized spacial score (nSPS) is 21.4. The van der Waals surface area contributed by atoms with Gasteiger partial charge in [-0.15, -0.1) is 0 Å². The Bertz CT molecular complexity index is 1280. The molecule has 0 radical (unpaired) electrons. The largest absolute Gasteiger partial charge is 0.286 e. The number of benzene rings is 3. The van der Waals surface area contributed by atoms with E-state index in [4.69, 9.17) is 39.9 Å². The topological polar surface area (TPSA) is 47.9 Å². The van der Waals surface area contributed by atoms with E-state index >= 15 is 0 Å². The van der Waals surface area contributed by atoms with Gasteiger partial charge in [0.15, 0.2) is 0 Å². The molecular weight excluding hydrogens is 491 g/mol. The van der Waals surface area contributed by atoms with Gasteiger partial charge in [0.25, 0.3) is 5.91 Å². The molecule has 174 valence electrons. The molecule has 34 heavy (non-hydrogen) atoms. The van der Waals surface area contributed by atoms with Crippen molar-refractivity contribution < 1.29 is 4.79 Å². The predicted molar refractivity (Wildman–Crippen MR) is 140 cm³/mol. The zero-order valence-electron chi connectivity index (χ0n) is 18.7. The second-order valence-electron chi connectivity index (χ2n) is 8.70. The van der Waals surface area contributed by atoms with E-state index in [2.05, 4.69) is 18.4 Å². The van der Waals surface area contributed by atoms with Crippen LogP contribution in [-0.4, -0.2) is 17.7 Å². The minimum atomic E-state index is -0.236. The summed E-state index contributed by atoms with van der Waals surface area (Å²) in [7, 11) is 0. The molecule has 3 aromatic carbocycles. The van der Waals surface area contributed by atoms with Crippen LogP contribution in [0.3, 0.4) is 0 Å². The van der Waals surface area contributed by atoms with Crippen molar-refractivity contribution in [1.82, 2.24) is 5.43 Å². The molecule has 0 spiro atoms. The molecule has 2 heterocycles. The van der Waals surface area contributed by atoms with Gasteiger partial charge >= 0.3 is 0 Å². The minimum absolute atomic E-state index is 0.146.